The van der Waals surface area contributed by atoms with E-state index in [1.165, 1.54) is 18.4 Å². The van der Waals surface area contributed by atoms with Crippen LogP contribution in [0, 0.1) is 29.1 Å². The molecular weight excluding hydrogens is 362 g/mol. The molecule has 1 N–H and O–H groups in total. The van der Waals surface area contributed by atoms with Gasteiger partial charge in [0.15, 0.2) is 0 Å². The Kier molecular flexibility index (Phi) is 4.27. The Morgan fingerprint density at radius 2 is 2.07 bits per heavy atom. The van der Waals surface area contributed by atoms with Crippen LogP contribution >= 0.6 is 0 Å². The largest absolute Gasteiger partial charge is 0.366 e. The van der Waals surface area contributed by atoms with Crippen molar-refractivity contribution >= 4 is 16.2 Å². The number of amides is 1. The van der Waals surface area contributed by atoms with Gasteiger partial charge in [0.05, 0.1) is 5.70 Å². The van der Waals surface area contributed by atoms with Crippen molar-refractivity contribution in [2.45, 2.75) is 46.0 Å². The van der Waals surface area contributed by atoms with Gasteiger partial charge in [-0.25, -0.2) is 0 Å². The molecule has 0 aromatic rings. The molecule has 0 aromatic carbocycles. The molecule has 4 aliphatic carbocycles. The van der Waals surface area contributed by atoms with Gasteiger partial charge in [-0.05, 0) is 73.0 Å². The van der Waals surface area contributed by atoms with Gasteiger partial charge in [0, 0.05) is 12.8 Å². The Hall–Kier alpha value is -1.66. The predicted octanol–water partition coefficient (Wildman–Crippen LogP) is 4.04. The summed E-state index contributed by atoms with van der Waals surface area (Å²) in [6, 6.07) is 0. The molecule has 5 atom stereocenters. The summed E-state index contributed by atoms with van der Waals surface area (Å²) in [7, 11) is -4.63. The monoisotopic (exact) mass is 389 g/mol. The number of carbonyl (C=O) groups is 1. The molecule has 4 rings (SSSR count). The summed E-state index contributed by atoms with van der Waals surface area (Å²) in [5, 5.41) is 0. The third-order valence-electron chi connectivity index (χ3n) is 7.25. The molecule has 4 aliphatic rings. The molecule has 146 valence electrons. The fraction of sp³-hybridized carbons (Fsp3) is 0.571. The second kappa shape index (κ2) is 6.17. The SMILES string of the molecule is C=C1CC[C@@]2(C)CC[C@H]3[C@@H](CC=C4C=C(N(C(C)=O)S(=O)(=O)O)C=C[C@@H]43)[C@H]12. The quantitative estimate of drug-likeness (QED) is 0.571. The van der Waals surface area contributed by atoms with Gasteiger partial charge in [-0.3, -0.25) is 9.35 Å². The van der Waals surface area contributed by atoms with Crippen molar-refractivity contribution in [2.24, 2.45) is 29.1 Å². The number of nitrogens with zero attached hydrogens (tertiary/aromatic N) is 1. The average Bonchev–Trinajstić information content (AvgIpc) is 2.88. The van der Waals surface area contributed by atoms with Crippen LogP contribution in [0.2, 0.25) is 0 Å². The van der Waals surface area contributed by atoms with Gasteiger partial charge >= 0.3 is 10.3 Å². The van der Waals surface area contributed by atoms with E-state index in [0.717, 1.165) is 31.8 Å². The fourth-order valence-electron chi connectivity index (χ4n) is 6.15. The van der Waals surface area contributed by atoms with E-state index in [2.05, 4.69) is 19.6 Å². The molecule has 2 saturated carbocycles. The molecule has 0 aromatic heterocycles. The van der Waals surface area contributed by atoms with E-state index >= 15 is 0 Å². The summed E-state index contributed by atoms with van der Waals surface area (Å²) < 4.78 is 33.1. The maximum atomic E-state index is 11.8. The summed E-state index contributed by atoms with van der Waals surface area (Å²) in [5.41, 5.74) is 3.03. The van der Waals surface area contributed by atoms with Crippen molar-refractivity contribution in [3.8, 4) is 0 Å². The minimum Gasteiger partial charge on any atom is -0.274 e. The van der Waals surface area contributed by atoms with Crippen LogP contribution < -0.4 is 0 Å². The Bertz CT molecular complexity index is 897. The third kappa shape index (κ3) is 2.93. The molecule has 27 heavy (non-hydrogen) atoms. The van der Waals surface area contributed by atoms with Crippen LogP contribution in [0.5, 0.6) is 0 Å². The van der Waals surface area contributed by atoms with Gasteiger partial charge in [-0.1, -0.05) is 31.2 Å². The topological polar surface area (TPSA) is 74.7 Å². The normalized spacial score (nSPS) is 37.7. The first-order valence-electron chi connectivity index (χ1n) is 9.68. The highest BCUT2D eigenvalue weighted by atomic mass is 32.2. The fourth-order valence-corrected chi connectivity index (χ4v) is 6.86. The lowest BCUT2D eigenvalue weighted by Gasteiger charge is -2.51. The highest BCUT2D eigenvalue weighted by Gasteiger charge is 2.52. The van der Waals surface area contributed by atoms with E-state index in [4.69, 9.17) is 0 Å². The van der Waals surface area contributed by atoms with Crippen LogP contribution in [-0.4, -0.2) is 23.2 Å². The smallest absolute Gasteiger partial charge is 0.274 e. The maximum absolute atomic E-state index is 11.8. The minimum atomic E-state index is -4.63. The second-order valence-electron chi connectivity index (χ2n) is 8.81. The van der Waals surface area contributed by atoms with Crippen LogP contribution in [0.3, 0.4) is 0 Å². The zero-order chi connectivity index (χ0) is 19.6. The van der Waals surface area contributed by atoms with E-state index in [-0.39, 0.29) is 11.6 Å². The first kappa shape index (κ1) is 18.7. The molecule has 5 nitrogen and oxygen atoms in total. The molecule has 0 heterocycles. The second-order valence-corrected chi connectivity index (χ2v) is 10.1. The van der Waals surface area contributed by atoms with Gasteiger partial charge in [-0.2, -0.15) is 12.7 Å². The minimum absolute atomic E-state index is 0.205. The zero-order valence-electron chi connectivity index (χ0n) is 15.9. The zero-order valence-corrected chi connectivity index (χ0v) is 16.7. The number of hydrogen-bond donors (Lipinski definition) is 1. The van der Waals surface area contributed by atoms with Gasteiger partial charge in [0.25, 0.3) is 0 Å². The van der Waals surface area contributed by atoms with Crippen LogP contribution in [-0.2, 0) is 15.1 Å². The van der Waals surface area contributed by atoms with Crippen molar-refractivity contribution in [1.29, 1.82) is 0 Å². The molecule has 0 unspecified atom stereocenters. The number of fused-ring (bicyclic) bond motifs is 5. The van der Waals surface area contributed by atoms with Gasteiger partial charge in [-0.15, -0.1) is 0 Å². The Morgan fingerprint density at radius 3 is 2.74 bits per heavy atom. The van der Waals surface area contributed by atoms with Crippen LogP contribution in [0.15, 0.2) is 47.7 Å². The lowest BCUT2D eigenvalue weighted by atomic mass is 9.54. The van der Waals surface area contributed by atoms with E-state index < -0.39 is 16.2 Å². The third-order valence-corrected chi connectivity index (χ3v) is 8.18. The van der Waals surface area contributed by atoms with E-state index in [0.29, 0.717) is 27.5 Å². The lowest BCUT2D eigenvalue weighted by Crippen LogP contribution is -2.43. The Morgan fingerprint density at radius 1 is 1.33 bits per heavy atom. The standard InChI is InChI=1S/C21H27NO4S/c1-13-8-10-21(3)11-9-18-17-7-5-16(22(14(2)23)27(24,25)26)12-15(17)4-6-19(18)20(13)21/h4-5,7,12,17-20H,1,6,8-11H2,2-3H3,(H,24,25,26)/t17-,18+,19+,20-,21-/m0/s1. The molecular formula is C21H27NO4S. The van der Waals surface area contributed by atoms with Crippen molar-refractivity contribution in [1.82, 2.24) is 4.31 Å². The van der Waals surface area contributed by atoms with E-state index in [9.17, 15) is 17.8 Å². The summed E-state index contributed by atoms with van der Waals surface area (Å²) in [6.07, 6.45) is 13.3. The number of allylic oxidation sites excluding steroid dienone is 6. The first-order chi connectivity index (χ1) is 12.6. The molecule has 6 heteroatoms. The van der Waals surface area contributed by atoms with Crippen LogP contribution in [0.1, 0.15) is 46.0 Å². The highest BCUT2D eigenvalue weighted by Crippen LogP contribution is 2.61. The molecule has 0 spiro atoms. The Balaban J connectivity index is 1.67. The lowest BCUT2D eigenvalue weighted by molar-refractivity contribution is -0.123. The summed E-state index contributed by atoms with van der Waals surface area (Å²) in [5.74, 6) is 1.18. The average molecular weight is 390 g/mol. The number of hydrogen-bond acceptors (Lipinski definition) is 3. The predicted molar refractivity (Wildman–Crippen MR) is 104 cm³/mol. The molecule has 0 saturated heterocycles. The van der Waals surface area contributed by atoms with Gasteiger partial charge < -0.3 is 0 Å². The van der Waals surface area contributed by atoms with E-state index in [1.807, 2.05) is 6.08 Å². The Labute approximate surface area is 161 Å². The first-order valence-corrected chi connectivity index (χ1v) is 11.1. The van der Waals surface area contributed by atoms with Crippen LogP contribution in [0.4, 0.5) is 0 Å². The number of rotatable bonds is 2. The molecule has 0 aliphatic heterocycles. The molecule has 0 bridgehead atoms. The van der Waals surface area contributed by atoms with Crippen molar-refractivity contribution < 1.29 is 17.8 Å². The van der Waals surface area contributed by atoms with Crippen LogP contribution in [0.25, 0.3) is 0 Å². The maximum Gasteiger partial charge on any atom is 0.366 e. The van der Waals surface area contributed by atoms with E-state index in [1.54, 1.807) is 12.2 Å². The molecule has 1 amide bonds. The summed E-state index contributed by atoms with van der Waals surface area (Å²) >= 11 is 0. The summed E-state index contributed by atoms with van der Waals surface area (Å²) in [4.78, 5) is 11.8. The van der Waals surface area contributed by atoms with Crippen molar-refractivity contribution in [2.75, 3.05) is 0 Å². The molecule has 2 fully saturated rings. The van der Waals surface area contributed by atoms with Crippen molar-refractivity contribution in [3.05, 3.63) is 47.7 Å². The summed E-state index contributed by atoms with van der Waals surface area (Å²) in [6.45, 7) is 7.92. The molecule has 0 radical (unpaired) electrons. The van der Waals surface area contributed by atoms with Gasteiger partial charge in [0.1, 0.15) is 0 Å². The van der Waals surface area contributed by atoms with Gasteiger partial charge in [0.2, 0.25) is 5.91 Å². The number of carbonyl (C=O) groups excluding carboxylic acids is 1. The highest BCUT2D eigenvalue weighted by molar-refractivity contribution is 7.84. The van der Waals surface area contributed by atoms with Crippen molar-refractivity contribution in [3.63, 3.8) is 0 Å².